The predicted octanol–water partition coefficient (Wildman–Crippen LogP) is 1.50. The van der Waals surface area contributed by atoms with Gasteiger partial charge in [0, 0.05) is 0 Å². The van der Waals surface area contributed by atoms with Crippen LogP contribution in [0.3, 0.4) is 0 Å². The van der Waals surface area contributed by atoms with Gasteiger partial charge in [0.15, 0.2) is 0 Å². The largest absolute Gasteiger partial charge is 0.417 e. The topological polar surface area (TPSA) is 46.2 Å². The molecule has 1 radical (unpaired) electrons. The Morgan fingerprint density at radius 1 is 1.27 bits per heavy atom. The molecule has 0 fully saturated rings. The molecule has 3 nitrogen and oxygen atoms in total. The van der Waals surface area contributed by atoms with Crippen LogP contribution in [0.4, 0.5) is 13.2 Å². The zero-order valence-electron chi connectivity index (χ0n) is 7.26. The van der Waals surface area contributed by atoms with Crippen LogP contribution in [-0.2, 0) is 11.0 Å². The number of halogens is 3. The molecule has 2 amide bonds. The van der Waals surface area contributed by atoms with Gasteiger partial charge in [0.25, 0.3) is 5.91 Å². The Kier molecular flexibility index (Phi) is 3.08. The number of carbonyl (C=O) groups excluding carboxylic acids is 2. The fourth-order valence-corrected chi connectivity index (χ4v) is 1.04. The first-order valence-corrected chi connectivity index (χ1v) is 3.80. The van der Waals surface area contributed by atoms with E-state index < -0.39 is 23.2 Å². The molecule has 0 atom stereocenters. The summed E-state index contributed by atoms with van der Waals surface area (Å²) in [5, 5.41) is 1.53. The van der Waals surface area contributed by atoms with Crippen LogP contribution < -0.4 is 5.32 Å². The molecule has 0 spiro atoms. The Hall–Kier alpha value is -1.85. The molecule has 1 N–H and O–H groups in total. The summed E-state index contributed by atoms with van der Waals surface area (Å²) in [5.74, 6) is -1.13. The van der Waals surface area contributed by atoms with Gasteiger partial charge in [-0.1, -0.05) is 12.1 Å². The van der Waals surface area contributed by atoms with Gasteiger partial charge in [0.05, 0.1) is 11.1 Å². The van der Waals surface area contributed by atoms with E-state index in [4.69, 9.17) is 0 Å². The highest BCUT2D eigenvalue weighted by atomic mass is 19.4. The summed E-state index contributed by atoms with van der Waals surface area (Å²) in [4.78, 5) is 20.8. The molecule has 0 unspecified atom stereocenters. The van der Waals surface area contributed by atoms with Crippen molar-refractivity contribution in [1.29, 1.82) is 0 Å². The van der Waals surface area contributed by atoms with E-state index in [0.29, 0.717) is 0 Å². The van der Waals surface area contributed by atoms with E-state index >= 15 is 0 Å². The Bertz CT molecular complexity index is 387. The fourth-order valence-electron chi connectivity index (χ4n) is 1.04. The average Bonchev–Trinajstić information content (AvgIpc) is 2.17. The molecule has 0 aromatic heterocycles. The van der Waals surface area contributed by atoms with Crippen molar-refractivity contribution in [3.05, 3.63) is 35.4 Å². The highest BCUT2D eigenvalue weighted by Crippen LogP contribution is 2.31. The predicted molar refractivity (Wildman–Crippen MR) is 44.6 cm³/mol. The second kappa shape index (κ2) is 4.12. The maximum Gasteiger partial charge on any atom is 0.417 e. The maximum absolute atomic E-state index is 12.4. The molecule has 1 aromatic carbocycles. The van der Waals surface area contributed by atoms with E-state index in [-0.39, 0.29) is 0 Å². The van der Waals surface area contributed by atoms with Crippen molar-refractivity contribution in [2.24, 2.45) is 0 Å². The smallest absolute Gasteiger partial charge is 0.284 e. The second-order valence-corrected chi connectivity index (χ2v) is 2.60. The number of benzene rings is 1. The summed E-state index contributed by atoms with van der Waals surface area (Å²) in [6.07, 6.45) is -3.60. The molecule has 6 heteroatoms. The Labute approximate surface area is 82.9 Å². The summed E-state index contributed by atoms with van der Waals surface area (Å²) >= 11 is 0. The molecule has 0 aliphatic carbocycles. The molecule has 1 rings (SSSR count). The molecular formula is C9H5F3NO2. The van der Waals surface area contributed by atoms with Gasteiger partial charge in [0.1, 0.15) is 0 Å². The number of carbonyl (C=O) groups is 1. The third kappa shape index (κ3) is 2.55. The van der Waals surface area contributed by atoms with E-state index in [0.717, 1.165) is 24.6 Å². The van der Waals surface area contributed by atoms with Crippen LogP contribution in [0.2, 0.25) is 0 Å². The van der Waals surface area contributed by atoms with Crippen molar-refractivity contribution in [2.75, 3.05) is 0 Å². The molecule has 0 saturated carbocycles. The van der Waals surface area contributed by atoms with Crippen LogP contribution in [0.5, 0.6) is 0 Å². The lowest BCUT2D eigenvalue weighted by Crippen LogP contribution is -2.24. The van der Waals surface area contributed by atoms with Crippen LogP contribution in [0.25, 0.3) is 0 Å². The summed E-state index contributed by atoms with van der Waals surface area (Å²) in [7, 11) is 0. The van der Waals surface area contributed by atoms with E-state index in [1.807, 2.05) is 0 Å². The number of hydrogen-bond acceptors (Lipinski definition) is 2. The quantitative estimate of drug-likeness (QED) is 0.761. The Morgan fingerprint density at radius 2 is 1.87 bits per heavy atom. The number of hydrogen-bond donors (Lipinski definition) is 1. The zero-order valence-corrected chi connectivity index (χ0v) is 7.26. The van der Waals surface area contributed by atoms with Gasteiger partial charge in [-0.25, -0.2) is 0 Å². The van der Waals surface area contributed by atoms with Crippen molar-refractivity contribution in [2.45, 2.75) is 6.18 Å². The van der Waals surface area contributed by atoms with Gasteiger partial charge in [-0.3, -0.25) is 14.9 Å². The minimum atomic E-state index is -4.63. The van der Waals surface area contributed by atoms with Gasteiger partial charge in [-0.2, -0.15) is 13.2 Å². The van der Waals surface area contributed by atoms with Gasteiger partial charge < -0.3 is 0 Å². The number of rotatable bonds is 2. The van der Waals surface area contributed by atoms with Crippen LogP contribution in [-0.4, -0.2) is 12.3 Å². The average molecular weight is 216 g/mol. The molecular weight excluding hydrogens is 211 g/mol. The lowest BCUT2D eigenvalue weighted by molar-refractivity contribution is -0.137. The van der Waals surface area contributed by atoms with Crippen molar-refractivity contribution in [3.8, 4) is 0 Å². The molecule has 79 valence electrons. The summed E-state index contributed by atoms with van der Waals surface area (Å²) in [6.45, 7) is 0. The van der Waals surface area contributed by atoms with Crippen LogP contribution in [0.15, 0.2) is 24.3 Å². The number of amides is 2. The van der Waals surface area contributed by atoms with Gasteiger partial charge in [-0.15, -0.1) is 0 Å². The normalized spacial score (nSPS) is 10.9. The standard InChI is InChI=1S/C9H5F3NO2/c10-9(11,12)7-4-2-1-3-6(7)8(15)13-5-14/h1-4H,(H,13,14,15). The van der Waals surface area contributed by atoms with E-state index in [1.165, 1.54) is 11.4 Å². The molecule has 1 aromatic rings. The van der Waals surface area contributed by atoms with Crippen molar-refractivity contribution < 1.29 is 22.8 Å². The molecule has 0 aliphatic heterocycles. The summed E-state index contributed by atoms with van der Waals surface area (Å²) < 4.78 is 37.1. The zero-order chi connectivity index (χ0) is 11.5. The Morgan fingerprint density at radius 3 is 2.40 bits per heavy atom. The lowest BCUT2D eigenvalue weighted by Gasteiger charge is -2.10. The van der Waals surface area contributed by atoms with Crippen LogP contribution >= 0.6 is 0 Å². The highest BCUT2D eigenvalue weighted by Gasteiger charge is 2.34. The number of alkyl halides is 3. The van der Waals surface area contributed by atoms with Crippen molar-refractivity contribution in [3.63, 3.8) is 0 Å². The molecule has 0 heterocycles. The third-order valence-electron chi connectivity index (χ3n) is 1.64. The van der Waals surface area contributed by atoms with Crippen LogP contribution in [0.1, 0.15) is 15.9 Å². The summed E-state index contributed by atoms with van der Waals surface area (Å²) in [5.41, 5.74) is -1.69. The summed E-state index contributed by atoms with van der Waals surface area (Å²) in [6, 6.07) is 4.17. The highest BCUT2D eigenvalue weighted by molar-refractivity contribution is 6.01. The van der Waals surface area contributed by atoms with Crippen LogP contribution in [0, 0.1) is 0 Å². The number of nitrogens with one attached hydrogen (secondary N) is 1. The number of imide groups is 1. The molecule has 15 heavy (non-hydrogen) atoms. The first-order chi connectivity index (χ1) is 6.96. The maximum atomic E-state index is 12.4. The first kappa shape index (κ1) is 11.2. The Balaban J connectivity index is 3.18. The SMILES string of the molecule is O=[C]NC(=O)c1ccccc1C(F)(F)F. The lowest BCUT2D eigenvalue weighted by atomic mass is 10.1. The minimum absolute atomic E-state index is 0.603. The fraction of sp³-hybridized carbons (Fsp3) is 0.111. The first-order valence-electron chi connectivity index (χ1n) is 3.80. The molecule has 0 aliphatic rings. The minimum Gasteiger partial charge on any atom is -0.284 e. The third-order valence-corrected chi connectivity index (χ3v) is 1.64. The van der Waals surface area contributed by atoms with Crippen molar-refractivity contribution >= 4 is 12.3 Å². The monoisotopic (exact) mass is 216 g/mol. The molecule has 0 saturated heterocycles. The van der Waals surface area contributed by atoms with Gasteiger partial charge in [0.2, 0.25) is 0 Å². The molecule has 0 bridgehead atoms. The van der Waals surface area contributed by atoms with Crippen molar-refractivity contribution in [1.82, 2.24) is 5.32 Å². The van der Waals surface area contributed by atoms with E-state index in [2.05, 4.69) is 0 Å². The van der Waals surface area contributed by atoms with Gasteiger partial charge in [-0.05, 0) is 12.1 Å². The van der Waals surface area contributed by atoms with E-state index in [9.17, 15) is 22.8 Å². The van der Waals surface area contributed by atoms with Gasteiger partial charge >= 0.3 is 12.6 Å². The second-order valence-electron chi connectivity index (χ2n) is 2.60. The van der Waals surface area contributed by atoms with E-state index in [1.54, 1.807) is 0 Å².